The van der Waals surface area contributed by atoms with Crippen LogP contribution < -0.4 is 4.89 Å². The van der Waals surface area contributed by atoms with Crippen molar-refractivity contribution >= 4 is 0 Å². The van der Waals surface area contributed by atoms with Crippen LogP contribution in [0.15, 0.2) is 18.2 Å². The van der Waals surface area contributed by atoms with E-state index in [0.29, 0.717) is 5.75 Å². The Hall–Kier alpha value is -1.10. The van der Waals surface area contributed by atoms with E-state index in [1.807, 2.05) is 19.9 Å². The normalized spacial score (nSPS) is 11.9. The molecule has 0 aliphatic rings. The van der Waals surface area contributed by atoms with E-state index in [0.717, 1.165) is 11.1 Å². The lowest BCUT2D eigenvalue weighted by Crippen LogP contribution is -2.22. The van der Waals surface area contributed by atoms with Crippen molar-refractivity contribution < 1.29 is 20.3 Å². The number of hydrogen-bond acceptors (Lipinski definition) is 4. The van der Waals surface area contributed by atoms with E-state index in [1.54, 1.807) is 26.0 Å². The Bertz CT molecular complexity index is 358. The molecule has 0 aliphatic heterocycles. The van der Waals surface area contributed by atoms with Gasteiger partial charge in [-0.25, -0.2) is 10.1 Å². The highest BCUT2D eigenvalue weighted by Crippen LogP contribution is 2.33. The fourth-order valence-electron chi connectivity index (χ4n) is 1.67. The van der Waals surface area contributed by atoms with E-state index in [-0.39, 0.29) is 5.92 Å². The Kier molecular flexibility index (Phi) is 3.91. The lowest BCUT2D eigenvalue weighted by Gasteiger charge is -2.25. The summed E-state index contributed by atoms with van der Waals surface area (Å²) in [4.78, 5) is 8.67. The quantitative estimate of drug-likeness (QED) is 0.610. The molecule has 2 N–H and O–H groups in total. The second kappa shape index (κ2) is 4.82. The Balaban J connectivity index is 3.31. The van der Waals surface area contributed by atoms with Crippen molar-refractivity contribution in [1.82, 2.24) is 0 Å². The van der Waals surface area contributed by atoms with Gasteiger partial charge >= 0.3 is 0 Å². The summed E-state index contributed by atoms with van der Waals surface area (Å²) in [6.07, 6.45) is 0. The van der Waals surface area contributed by atoms with Crippen molar-refractivity contribution in [2.75, 3.05) is 0 Å². The lowest BCUT2D eigenvalue weighted by molar-refractivity contribution is -0.318. The van der Waals surface area contributed by atoms with Crippen LogP contribution in [0.5, 0.6) is 5.75 Å². The molecule has 0 amide bonds. The van der Waals surface area contributed by atoms with Crippen molar-refractivity contribution in [2.24, 2.45) is 0 Å². The van der Waals surface area contributed by atoms with Gasteiger partial charge in [0.2, 0.25) is 0 Å². The lowest BCUT2D eigenvalue weighted by atomic mass is 9.88. The van der Waals surface area contributed by atoms with E-state index in [2.05, 4.69) is 9.78 Å². The van der Waals surface area contributed by atoms with Gasteiger partial charge in [0.15, 0.2) is 5.75 Å². The maximum atomic E-state index is 8.91. The van der Waals surface area contributed by atoms with Crippen molar-refractivity contribution in [3.63, 3.8) is 0 Å². The third-order valence-electron chi connectivity index (χ3n) is 2.63. The van der Waals surface area contributed by atoms with E-state index in [9.17, 15) is 0 Å². The van der Waals surface area contributed by atoms with Gasteiger partial charge in [-0.3, -0.25) is 5.26 Å². The van der Waals surface area contributed by atoms with Gasteiger partial charge < -0.3 is 4.89 Å². The molecule has 0 radical (unpaired) electrons. The van der Waals surface area contributed by atoms with Crippen LogP contribution in [0.2, 0.25) is 0 Å². The summed E-state index contributed by atoms with van der Waals surface area (Å²) in [5.74, 6) is 0.613. The molecule has 0 saturated carbocycles. The largest absolute Gasteiger partial charge is 0.340 e. The van der Waals surface area contributed by atoms with Gasteiger partial charge in [-0.1, -0.05) is 19.9 Å². The average molecular weight is 226 g/mol. The van der Waals surface area contributed by atoms with Crippen LogP contribution in [0.1, 0.15) is 44.7 Å². The molecule has 16 heavy (non-hydrogen) atoms. The van der Waals surface area contributed by atoms with Gasteiger partial charge in [0.25, 0.3) is 0 Å². The summed E-state index contributed by atoms with van der Waals surface area (Å²) in [6.45, 7) is 7.59. The molecule has 90 valence electrons. The third kappa shape index (κ3) is 2.52. The monoisotopic (exact) mass is 226 g/mol. The zero-order chi connectivity index (χ0) is 12.3. The van der Waals surface area contributed by atoms with Crippen LogP contribution in [0, 0.1) is 0 Å². The molecule has 1 aromatic carbocycles. The zero-order valence-corrected chi connectivity index (χ0v) is 10.0. The van der Waals surface area contributed by atoms with Gasteiger partial charge in [-0.2, -0.15) is 0 Å². The molecule has 0 spiro atoms. The fraction of sp³-hybridized carbons (Fsp3) is 0.500. The summed E-state index contributed by atoms with van der Waals surface area (Å²) in [5, 5.41) is 17.5. The molecule has 0 unspecified atom stereocenters. The number of benzene rings is 1. The molecule has 0 aromatic heterocycles. The minimum atomic E-state index is -0.839. The van der Waals surface area contributed by atoms with Crippen LogP contribution in [0.4, 0.5) is 0 Å². The standard InChI is InChI=1S/C12H18O4/c1-8(2)10-6-5-9(15-13)7-11(10)12(3,4)16-14/h5-8,13-14H,1-4H3. The smallest absolute Gasteiger partial charge is 0.165 e. The van der Waals surface area contributed by atoms with Crippen molar-refractivity contribution in [3.8, 4) is 5.75 Å². The van der Waals surface area contributed by atoms with Crippen molar-refractivity contribution in [2.45, 2.75) is 39.2 Å². The van der Waals surface area contributed by atoms with Gasteiger partial charge in [-0.15, -0.1) is 0 Å². The maximum absolute atomic E-state index is 8.91. The molecule has 4 heteroatoms. The van der Waals surface area contributed by atoms with Gasteiger partial charge in [0.1, 0.15) is 5.60 Å². The molecule has 0 aliphatic carbocycles. The molecular formula is C12H18O4. The van der Waals surface area contributed by atoms with E-state index < -0.39 is 5.60 Å². The molecule has 0 heterocycles. The van der Waals surface area contributed by atoms with Crippen molar-refractivity contribution in [3.05, 3.63) is 29.3 Å². The first-order valence-corrected chi connectivity index (χ1v) is 5.20. The first-order chi connectivity index (χ1) is 7.42. The van der Waals surface area contributed by atoms with E-state index >= 15 is 0 Å². The van der Waals surface area contributed by atoms with Crippen molar-refractivity contribution in [1.29, 1.82) is 0 Å². The van der Waals surface area contributed by atoms with Crippen LogP contribution >= 0.6 is 0 Å². The molecule has 0 fully saturated rings. The fourth-order valence-corrected chi connectivity index (χ4v) is 1.67. The predicted molar refractivity (Wildman–Crippen MR) is 60.5 cm³/mol. The van der Waals surface area contributed by atoms with Crippen LogP contribution in [0.25, 0.3) is 0 Å². The molecule has 1 rings (SSSR count). The molecule has 0 saturated heterocycles. The second-order valence-corrected chi connectivity index (χ2v) is 4.60. The molecule has 1 aromatic rings. The highest BCUT2D eigenvalue weighted by atomic mass is 17.1. The summed E-state index contributed by atoms with van der Waals surface area (Å²) >= 11 is 0. The second-order valence-electron chi connectivity index (χ2n) is 4.60. The Morgan fingerprint density at radius 3 is 2.25 bits per heavy atom. The molecule has 4 nitrogen and oxygen atoms in total. The molecule has 0 bridgehead atoms. The predicted octanol–water partition coefficient (Wildman–Crippen LogP) is 3.39. The average Bonchev–Trinajstić information content (AvgIpc) is 2.28. The minimum absolute atomic E-state index is 0.289. The molecule has 0 atom stereocenters. The first-order valence-electron chi connectivity index (χ1n) is 5.20. The Morgan fingerprint density at radius 1 is 1.19 bits per heavy atom. The number of hydrogen-bond donors (Lipinski definition) is 2. The summed E-state index contributed by atoms with van der Waals surface area (Å²) < 4.78 is 0. The maximum Gasteiger partial charge on any atom is 0.165 e. The highest BCUT2D eigenvalue weighted by Gasteiger charge is 2.26. The highest BCUT2D eigenvalue weighted by molar-refractivity contribution is 5.40. The van der Waals surface area contributed by atoms with E-state index in [1.165, 1.54) is 0 Å². The number of rotatable bonds is 4. The SMILES string of the molecule is CC(C)c1ccc(OO)cc1C(C)(C)OO. The first kappa shape index (κ1) is 13.0. The zero-order valence-electron chi connectivity index (χ0n) is 10.0. The Labute approximate surface area is 95.3 Å². The van der Waals surface area contributed by atoms with Crippen LogP contribution in [-0.4, -0.2) is 10.5 Å². The van der Waals surface area contributed by atoms with Gasteiger partial charge in [0.05, 0.1) is 0 Å². The summed E-state index contributed by atoms with van der Waals surface area (Å²) in [7, 11) is 0. The van der Waals surface area contributed by atoms with E-state index in [4.69, 9.17) is 10.5 Å². The summed E-state index contributed by atoms with van der Waals surface area (Å²) in [5.41, 5.74) is 0.991. The van der Waals surface area contributed by atoms with Gasteiger partial charge in [-0.05, 0) is 43.0 Å². The third-order valence-corrected chi connectivity index (χ3v) is 2.63. The van der Waals surface area contributed by atoms with Crippen LogP contribution in [-0.2, 0) is 10.5 Å². The minimum Gasteiger partial charge on any atom is -0.340 e. The topological polar surface area (TPSA) is 58.9 Å². The van der Waals surface area contributed by atoms with Crippen LogP contribution in [0.3, 0.4) is 0 Å². The van der Waals surface area contributed by atoms with Gasteiger partial charge in [0, 0.05) is 0 Å². The Morgan fingerprint density at radius 2 is 1.81 bits per heavy atom. The summed E-state index contributed by atoms with van der Waals surface area (Å²) in [6, 6.07) is 5.18. The molecular weight excluding hydrogens is 208 g/mol.